The number of rotatable bonds is 3. The van der Waals surface area contributed by atoms with Crippen LogP contribution in [0.4, 0.5) is 0 Å². The minimum atomic E-state index is -2.61. The highest BCUT2D eigenvalue weighted by molar-refractivity contribution is 6.32. The SMILES string of the molecule is Cc1cc(O)c2c(c1)[C@](O)([C@@H]1O[C@H](CO)[C@@H](O)[C@H](O)[C@H]1O)c1ccc(-c3c(C)cc(O)c4c3C(=O)c3cccc(O)c3C4=O)c(O)c1C2=O. The molecule has 1 saturated heterocycles. The van der Waals surface area contributed by atoms with Gasteiger partial charge in [-0.05, 0) is 43.2 Å². The zero-order chi connectivity index (χ0) is 35.4. The van der Waals surface area contributed by atoms with Gasteiger partial charge in [0.15, 0.2) is 5.78 Å². The van der Waals surface area contributed by atoms with Crippen molar-refractivity contribution in [1.82, 2.24) is 0 Å². The molecule has 9 N–H and O–H groups in total. The molecular formula is C36H30O13. The minimum Gasteiger partial charge on any atom is -0.507 e. The zero-order valence-electron chi connectivity index (χ0n) is 25.9. The van der Waals surface area contributed by atoms with Gasteiger partial charge in [0.2, 0.25) is 11.6 Å². The van der Waals surface area contributed by atoms with Crippen molar-refractivity contribution in [2.45, 2.75) is 50.0 Å². The normalized spacial score (nSPS) is 25.8. The van der Waals surface area contributed by atoms with Crippen LogP contribution in [0.5, 0.6) is 23.0 Å². The summed E-state index contributed by atoms with van der Waals surface area (Å²) in [4.78, 5) is 41.8. The van der Waals surface area contributed by atoms with Gasteiger partial charge >= 0.3 is 0 Å². The third-order valence-corrected chi connectivity index (χ3v) is 9.76. The smallest absolute Gasteiger partial charge is 0.201 e. The molecule has 4 aromatic carbocycles. The van der Waals surface area contributed by atoms with Gasteiger partial charge in [0, 0.05) is 33.4 Å². The fraction of sp³-hybridized carbons (Fsp3) is 0.250. The van der Waals surface area contributed by atoms with E-state index in [9.17, 15) is 60.3 Å². The molecule has 0 bridgehead atoms. The molecule has 1 fully saturated rings. The molecule has 13 heteroatoms. The largest absolute Gasteiger partial charge is 0.507 e. The van der Waals surface area contributed by atoms with Crippen LogP contribution in [0.3, 0.4) is 0 Å². The fourth-order valence-electron chi connectivity index (χ4n) is 7.50. The van der Waals surface area contributed by atoms with Gasteiger partial charge in [-0.3, -0.25) is 14.4 Å². The van der Waals surface area contributed by atoms with Crippen LogP contribution in [-0.4, -0.2) is 100 Å². The van der Waals surface area contributed by atoms with Crippen LogP contribution < -0.4 is 0 Å². The lowest BCUT2D eigenvalue weighted by atomic mass is 9.67. The summed E-state index contributed by atoms with van der Waals surface area (Å²) in [6.45, 7) is 2.21. The van der Waals surface area contributed by atoms with Crippen molar-refractivity contribution < 1.29 is 65.1 Å². The van der Waals surface area contributed by atoms with Gasteiger partial charge < -0.3 is 50.7 Å². The van der Waals surface area contributed by atoms with Crippen molar-refractivity contribution in [3.05, 3.63) is 104 Å². The fourth-order valence-corrected chi connectivity index (χ4v) is 7.50. The topological polar surface area (TPSA) is 243 Å². The first-order valence-electron chi connectivity index (χ1n) is 15.2. The molecule has 0 amide bonds. The van der Waals surface area contributed by atoms with Crippen molar-refractivity contribution in [2.24, 2.45) is 0 Å². The number of benzene rings is 4. The van der Waals surface area contributed by atoms with Gasteiger partial charge in [0.1, 0.15) is 59.1 Å². The second-order valence-corrected chi connectivity index (χ2v) is 12.6. The molecule has 6 atom stereocenters. The summed E-state index contributed by atoms with van der Waals surface area (Å²) in [5, 5.41) is 99.1. The minimum absolute atomic E-state index is 0.0523. The molecule has 49 heavy (non-hydrogen) atoms. The summed E-state index contributed by atoms with van der Waals surface area (Å²) in [7, 11) is 0. The molecule has 7 rings (SSSR count). The van der Waals surface area contributed by atoms with Gasteiger partial charge in [-0.2, -0.15) is 0 Å². The molecular weight excluding hydrogens is 640 g/mol. The Morgan fingerprint density at radius 2 is 1.33 bits per heavy atom. The van der Waals surface area contributed by atoms with Crippen molar-refractivity contribution in [1.29, 1.82) is 0 Å². The number of hydrogen-bond acceptors (Lipinski definition) is 13. The maximum absolute atomic E-state index is 14.2. The lowest BCUT2D eigenvalue weighted by molar-refractivity contribution is -0.265. The Morgan fingerprint density at radius 1 is 0.653 bits per heavy atom. The van der Waals surface area contributed by atoms with Gasteiger partial charge in [-0.15, -0.1) is 0 Å². The maximum Gasteiger partial charge on any atom is 0.201 e. The molecule has 0 spiro atoms. The van der Waals surface area contributed by atoms with Gasteiger partial charge in [0.25, 0.3) is 0 Å². The van der Waals surface area contributed by atoms with E-state index in [1.165, 1.54) is 55.5 Å². The summed E-state index contributed by atoms with van der Waals surface area (Å²) < 4.78 is 5.77. The second-order valence-electron chi connectivity index (χ2n) is 12.6. The standard InChI is InChI=1S/C36H30O13/c1-12-8-17-24(19(39)9-12)32(45)25-16(36(17,48)35-34(47)33(46)30(43)21(11-37)49-35)7-6-15(28(25)41)22-13(2)10-20(40)26-27(22)29(42)14-4-3-5-18(38)23(14)31(26)44/h3-10,21,30,33-35,37-41,43,46-48H,11H2,1-2H3/t21-,30-,33+,34-,35-,36+/m1/s1. The number of carbonyl (C=O) groups is 3. The van der Waals surface area contributed by atoms with E-state index in [1.54, 1.807) is 6.92 Å². The van der Waals surface area contributed by atoms with Crippen LogP contribution >= 0.6 is 0 Å². The molecule has 0 aromatic heterocycles. The van der Waals surface area contributed by atoms with Crippen LogP contribution in [0, 0.1) is 13.8 Å². The number of aromatic hydroxyl groups is 4. The van der Waals surface area contributed by atoms with E-state index in [4.69, 9.17) is 4.74 Å². The Hall–Kier alpha value is -5.15. The number of fused-ring (bicyclic) bond motifs is 4. The Balaban J connectivity index is 1.52. The number of carbonyl (C=O) groups excluding carboxylic acids is 3. The van der Waals surface area contributed by atoms with E-state index in [0.29, 0.717) is 5.56 Å². The molecule has 0 radical (unpaired) electrons. The van der Waals surface area contributed by atoms with Gasteiger partial charge in [-0.25, -0.2) is 0 Å². The monoisotopic (exact) mass is 670 g/mol. The quantitative estimate of drug-likeness (QED) is 0.131. The number of aliphatic hydroxyl groups excluding tert-OH is 4. The van der Waals surface area contributed by atoms with Gasteiger partial charge in [0.05, 0.1) is 28.9 Å². The molecule has 13 nitrogen and oxygen atoms in total. The first kappa shape index (κ1) is 32.4. The van der Waals surface area contributed by atoms with Crippen LogP contribution in [0.25, 0.3) is 11.1 Å². The molecule has 252 valence electrons. The van der Waals surface area contributed by atoms with Crippen molar-refractivity contribution in [3.63, 3.8) is 0 Å². The highest BCUT2D eigenvalue weighted by Gasteiger charge is 2.58. The van der Waals surface area contributed by atoms with Crippen LogP contribution in [0.1, 0.15) is 70.0 Å². The number of aliphatic hydroxyl groups is 5. The van der Waals surface area contributed by atoms with E-state index in [2.05, 4.69) is 0 Å². The average Bonchev–Trinajstić information content (AvgIpc) is 3.04. The third-order valence-electron chi connectivity index (χ3n) is 9.76. The number of phenolic OH excluding ortho intramolecular Hbond substituents is 4. The maximum atomic E-state index is 14.2. The van der Waals surface area contributed by atoms with E-state index < -0.39 is 99.8 Å². The highest BCUT2D eigenvalue weighted by Crippen LogP contribution is 2.53. The Bertz CT molecular complexity index is 2150. The third kappa shape index (κ3) is 4.24. The summed E-state index contributed by atoms with van der Waals surface area (Å²) in [5.74, 6) is -5.06. The number of ether oxygens (including phenoxy) is 1. The highest BCUT2D eigenvalue weighted by atomic mass is 16.6. The van der Waals surface area contributed by atoms with Crippen molar-refractivity contribution in [3.8, 4) is 34.1 Å². The summed E-state index contributed by atoms with van der Waals surface area (Å²) >= 11 is 0. The first-order chi connectivity index (χ1) is 23.1. The molecule has 4 aromatic rings. The average molecular weight is 671 g/mol. The van der Waals surface area contributed by atoms with Crippen LogP contribution in [0.2, 0.25) is 0 Å². The van der Waals surface area contributed by atoms with Crippen molar-refractivity contribution >= 4 is 17.3 Å². The van der Waals surface area contributed by atoms with E-state index >= 15 is 0 Å². The Morgan fingerprint density at radius 3 is 2.02 bits per heavy atom. The van der Waals surface area contributed by atoms with E-state index in [0.717, 1.165) is 0 Å². The number of phenols is 4. The Labute approximate surface area is 277 Å². The lowest BCUT2D eigenvalue weighted by Gasteiger charge is -2.49. The number of ketones is 3. The molecule has 1 heterocycles. The summed E-state index contributed by atoms with van der Waals surface area (Å²) in [6.07, 6.45) is -9.10. The summed E-state index contributed by atoms with van der Waals surface area (Å²) in [6, 6.07) is 10.1. The number of hydrogen-bond donors (Lipinski definition) is 9. The molecule has 1 aliphatic heterocycles. The predicted octanol–water partition coefficient (Wildman–Crippen LogP) is 1.19. The predicted molar refractivity (Wildman–Crippen MR) is 168 cm³/mol. The second kappa shape index (κ2) is 10.9. The zero-order valence-corrected chi connectivity index (χ0v) is 25.9. The molecule has 2 aliphatic carbocycles. The van der Waals surface area contributed by atoms with Crippen LogP contribution in [-0.2, 0) is 10.3 Å². The van der Waals surface area contributed by atoms with E-state index in [1.807, 2.05) is 0 Å². The first-order valence-corrected chi connectivity index (χ1v) is 15.2. The number of aryl methyl sites for hydroxylation is 2. The molecule has 0 saturated carbocycles. The van der Waals surface area contributed by atoms with Gasteiger partial charge in [-0.1, -0.05) is 30.3 Å². The molecule has 3 aliphatic rings. The molecule has 0 unspecified atom stereocenters. The van der Waals surface area contributed by atoms with Crippen LogP contribution in [0.15, 0.2) is 48.5 Å². The van der Waals surface area contributed by atoms with Crippen molar-refractivity contribution in [2.75, 3.05) is 6.61 Å². The van der Waals surface area contributed by atoms with E-state index in [-0.39, 0.29) is 44.5 Å². The summed E-state index contributed by atoms with van der Waals surface area (Å²) in [5.41, 5.74) is -5.19. The lowest BCUT2D eigenvalue weighted by Crippen LogP contribution is -2.65. The Kier molecular flexibility index (Phi) is 7.23.